The van der Waals surface area contributed by atoms with E-state index in [1.807, 2.05) is 6.07 Å². The minimum absolute atomic E-state index is 0.355. The van der Waals surface area contributed by atoms with Crippen molar-refractivity contribution in [3.05, 3.63) is 36.7 Å². The summed E-state index contributed by atoms with van der Waals surface area (Å²) in [5, 5.41) is 11.3. The Balaban J connectivity index is 1.69. The summed E-state index contributed by atoms with van der Waals surface area (Å²) in [6.07, 6.45) is 7.75. The Morgan fingerprint density at radius 1 is 1.25 bits per heavy atom. The Morgan fingerprint density at radius 2 is 2.11 bits per heavy atom. The van der Waals surface area contributed by atoms with Gasteiger partial charge in [0.1, 0.15) is 24.1 Å². The minimum atomic E-state index is -0.685. The third kappa shape index (κ3) is 2.34. The van der Waals surface area contributed by atoms with Crippen LogP contribution in [0.25, 0.3) is 33.7 Å². The second kappa shape index (κ2) is 5.84. The smallest absolute Gasteiger partial charge is 0.229 e. The highest BCUT2D eigenvalue weighted by atomic mass is 16.3. The van der Waals surface area contributed by atoms with Gasteiger partial charge in [0.05, 0.1) is 16.7 Å². The van der Waals surface area contributed by atoms with Crippen molar-refractivity contribution in [2.75, 3.05) is 12.4 Å². The number of hydrogen-bond donors (Lipinski definition) is 3. The molecule has 0 saturated heterocycles. The zero-order valence-corrected chi connectivity index (χ0v) is 14.9. The molecule has 28 heavy (non-hydrogen) atoms. The largest absolute Gasteiger partial charge is 0.444 e. The van der Waals surface area contributed by atoms with Crippen LogP contribution in [0.15, 0.2) is 35.5 Å². The monoisotopic (exact) mass is 376 g/mol. The summed E-state index contributed by atoms with van der Waals surface area (Å²) in [7, 11) is 1.79. The third-order valence-electron chi connectivity index (χ3n) is 5.10. The molecule has 140 valence electrons. The first-order valence-corrected chi connectivity index (χ1v) is 8.71. The molecule has 0 spiro atoms. The third-order valence-corrected chi connectivity index (χ3v) is 5.10. The van der Waals surface area contributed by atoms with Crippen LogP contribution in [-0.4, -0.2) is 43.1 Å². The van der Waals surface area contributed by atoms with E-state index in [2.05, 4.69) is 35.5 Å². The average Bonchev–Trinajstić information content (AvgIpc) is 3.12. The first-order chi connectivity index (χ1) is 13.6. The number of aromatic amines is 1. The van der Waals surface area contributed by atoms with E-state index in [1.54, 1.807) is 19.4 Å². The number of carbonyl (C=O) groups is 1. The summed E-state index contributed by atoms with van der Waals surface area (Å²) in [4.78, 5) is 29.4. The molecule has 4 heterocycles. The summed E-state index contributed by atoms with van der Waals surface area (Å²) in [6, 6.07) is 1.88. The number of hydrogen-bond acceptors (Lipinski definition) is 8. The van der Waals surface area contributed by atoms with Gasteiger partial charge in [0.15, 0.2) is 0 Å². The van der Waals surface area contributed by atoms with Gasteiger partial charge in [0, 0.05) is 30.2 Å². The molecule has 10 heteroatoms. The van der Waals surface area contributed by atoms with Crippen LogP contribution in [0.5, 0.6) is 0 Å². The number of nitrogens with zero attached hydrogens (tertiary/aromatic N) is 5. The normalized spacial score (nSPS) is 14.9. The van der Waals surface area contributed by atoms with Crippen LogP contribution in [0, 0.1) is 0 Å². The molecule has 0 bridgehead atoms. The zero-order valence-electron chi connectivity index (χ0n) is 14.9. The van der Waals surface area contributed by atoms with E-state index in [4.69, 9.17) is 10.2 Å². The Bertz CT molecular complexity index is 1190. The molecule has 0 unspecified atom stereocenters. The van der Waals surface area contributed by atoms with Crippen molar-refractivity contribution in [2.24, 2.45) is 5.73 Å². The molecular formula is C18H16N8O2. The SMILES string of the molecule is CNc1ncc(-c2nc(-c3nc[nH]n3)co2)c2cc(C3(C(N)=O)CC3)ncc12. The second-order valence-electron chi connectivity index (χ2n) is 6.69. The molecule has 4 N–H and O–H groups in total. The van der Waals surface area contributed by atoms with Crippen LogP contribution < -0.4 is 11.1 Å². The van der Waals surface area contributed by atoms with Gasteiger partial charge in [-0.05, 0) is 18.9 Å². The number of pyridine rings is 2. The maximum atomic E-state index is 11.9. The van der Waals surface area contributed by atoms with Gasteiger partial charge in [-0.3, -0.25) is 14.9 Å². The van der Waals surface area contributed by atoms with Gasteiger partial charge in [-0.1, -0.05) is 0 Å². The lowest BCUT2D eigenvalue weighted by Crippen LogP contribution is -2.29. The molecule has 0 radical (unpaired) electrons. The Hall–Kier alpha value is -3.82. The maximum Gasteiger partial charge on any atom is 0.229 e. The number of aromatic nitrogens is 6. The molecule has 4 aromatic rings. The molecule has 5 rings (SSSR count). The lowest BCUT2D eigenvalue weighted by Gasteiger charge is -2.13. The van der Waals surface area contributed by atoms with E-state index in [0.29, 0.717) is 47.3 Å². The fraction of sp³-hybridized carbons (Fsp3) is 0.222. The second-order valence-corrected chi connectivity index (χ2v) is 6.69. The van der Waals surface area contributed by atoms with Gasteiger partial charge in [0.2, 0.25) is 17.6 Å². The number of fused-ring (bicyclic) bond motifs is 1. The fourth-order valence-electron chi connectivity index (χ4n) is 3.35. The first-order valence-electron chi connectivity index (χ1n) is 8.71. The van der Waals surface area contributed by atoms with Gasteiger partial charge in [-0.2, -0.15) is 5.10 Å². The molecule has 10 nitrogen and oxygen atoms in total. The van der Waals surface area contributed by atoms with E-state index >= 15 is 0 Å². The lowest BCUT2D eigenvalue weighted by molar-refractivity contribution is -0.120. The van der Waals surface area contributed by atoms with Crippen molar-refractivity contribution in [2.45, 2.75) is 18.3 Å². The molecule has 1 saturated carbocycles. The molecule has 1 aliphatic rings. The van der Waals surface area contributed by atoms with E-state index in [1.165, 1.54) is 12.6 Å². The minimum Gasteiger partial charge on any atom is -0.444 e. The van der Waals surface area contributed by atoms with Crippen molar-refractivity contribution in [1.82, 2.24) is 30.1 Å². The zero-order chi connectivity index (χ0) is 19.3. The van der Waals surface area contributed by atoms with Gasteiger partial charge in [-0.15, -0.1) is 0 Å². The van der Waals surface area contributed by atoms with Gasteiger partial charge < -0.3 is 15.5 Å². The quantitative estimate of drug-likeness (QED) is 0.476. The van der Waals surface area contributed by atoms with Crippen LogP contribution in [0.2, 0.25) is 0 Å². The molecule has 1 amide bonds. The summed E-state index contributed by atoms with van der Waals surface area (Å²) < 4.78 is 5.67. The molecule has 4 aromatic heterocycles. The van der Waals surface area contributed by atoms with Crippen molar-refractivity contribution >= 4 is 22.5 Å². The van der Waals surface area contributed by atoms with Gasteiger partial charge in [-0.25, -0.2) is 15.0 Å². The number of oxazole rings is 1. The average molecular weight is 376 g/mol. The predicted molar refractivity (Wildman–Crippen MR) is 100 cm³/mol. The van der Waals surface area contributed by atoms with Crippen LogP contribution in [0.3, 0.4) is 0 Å². The first kappa shape index (κ1) is 16.4. The Labute approximate surface area is 158 Å². The lowest BCUT2D eigenvalue weighted by atomic mass is 9.98. The maximum absolute atomic E-state index is 11.9. The number of primary amides is 1. The molecule has 0 aliphatic heterocycles. The highest BCUT2D eigenvalue weighted by Gasteiger charge is 2.51. The molecule has 1 aliphatic carbocycles. The number of anilines is 1. The van der Waals surface area contributed by atoms with Crippen LogP contribution >= 0.6 is 0 Å². The van der Waals surface area contributed by atoms with E-state index < -0.39 is 5.41 Å². The van der Waals surface area contributed by atoms with Crippen molar-refractivity contribution in [3.63, 3.8) is 0 Å². The number of carbonyl (C=O) groups excluding carboxylic acids is 1. The van der Waals surface area contributed by atoms with Crippen molar-refractivity contribution in [1.29, 1.82) is 0 Å². The van der Waals surface area contributed by atoms with Crippen LogP contribution in [-0.2, 0) is 10.2 Å². The summed E-state index contributed by atoms with van der Waals surface area (Å²) in [5.41, 5.74) is 6.78. The highest BCUT2D eigenvalue weighted by Crippen LogP contribution is 2.48. The van der Waals surface area contributed by atoms with Gasteiger partial charge >= 0.3 is 0 Å². The number of nitrogens with one attached hydrogen (secondary N) is 2. The Morgan fingerprint density at radius 3 is 2.79 bits per heavy atom. The predicted octanol–water partition coefficient (Wildman–Crippen LogP) is 1.63. The molecule has 0 aromatic carbocycles. The molecule has 0 atom stereocenters. The van der Waals surface area contributed by atoms with Crippen LogP contribution in [0.1, 0.15) is 18.5 Å². The molecular weight excluding hydrogens is 360 g/mol. The topological polar surface area (TPSA) is 148 Å². The van der Waals surface area contributed by atoms with Gasteiger partial charge in [0.25, 0.3) is 0 Å². The number of H-pyrrole nitrogens is 1. The fourth-order valence-corrected chi connectivity index (χ4v) is 3.35. The standard InChI is InChI=1S/C18H16N8O2/c1-20-14-10-5-21-13(18(2-3-18)17(19)27)4-9(10)11(6-22-14)16-25-12(7-28-16)15-23-8-24-26-15/h4-8H,2-3H2,1H3,(H2,19,27)(H,20,22)(H,23,24,26). The van der Waals surface area contributed by atoms with Crippen molar-refractivity contribution < 1.29 is 9.21 Å². The van der Waals surface area contributed by atoms with E-state index in [0.717, 1.165) is 10.8 Å². The Kier molecular flexibility index (Phi) is 3.41. The highest BCUT2D eigenvalue weighted by molar-refractivity contribution is 6.01. The summed E-state index contributed by atoms with van der Waals surface area (Å²) in [6.45, 7) is 0. The number of amides is 1. The van der Waals surface area contributed by atoms with E-state index in [9.17, 15) is 4.79 Å². The number of nitrogens with two attached hydrogens (primary N) is 1. The van der Waals surface area contributed by atoms with Crippen LogP contribution in [0.4, 0.5) is 5.82 Å². The summed E-state index contributed by atoms with van der Waals surface area (Å²) in [5.74, 6) is 1.13. The van der Waals surface area contributed by atoms with E-state index in [-0.39, 0.29) is 5.91 Å². The number of rotatable bonds is 5. The molecule has 1 fully saturated rings. The van der Waals surface area contributed by atoms with Crippen molar-refractivity contribution in [3.8, 4) is 23.0 Å². The summed E-state index contributed by atoms with van der Waals surface area (Å²) >= 11 is 0.